The topological polar surface area (TPSA) is 105 Å². The molecule has 1 aliphatic rings. The van der Waals surface area contributed by atoms with Crippen molar-refractivity contribution in [2.24, 2.45) is 0 Å². The van der Waals surface area contributed by atoms with Crippen molar-refractivity contribution in [3.8, 4) is 11.5 Å². The summed E-state index contributed by atoms with van der Waals surface area (Å²) < 4.78 is 10.9. The molecule has 1 fully saturated rings. The van der Waals surface area contributed by atoms with Gasteiger partial charge in [-0.15, -0.1) is 0 Å². The molecule has 1 atom stereocenters. The summed E-state index contributed by atoms with van der Waals surface area (Å²) in [6.45, 7) is 7.66. The van der Waals surface area contributed by atoms with Crippen molar-refractivity contribution in [3.63, 3.8) is 0 Å². The Morgan fingerprint density at radius 3 is 2.37 bits per heavy atom. The monoisotopic (exact) mass is 514 g/mol. The molecule has 2 N–H and O–H groups in total. The van der Waals surface area contributed by atoms with Crippen LogP contribution in [0.2, 0.25) is 0 Å². The molecule has 0 aliphatic carbocycles. The van der Waals surface area contributed by atoms with Gasteiger partial charge < -0.3 is 14.6 Å². The minimum Gasteiger partial charge on any atom is -0.493 e. The SMILES string of the molecule is COc1cc(/C=C2/SC(=S)N(NC(=O)c3ccc(C(C)(C)C)cc3)C2=O)ccc1OC(C)C(=O)O. The normalized spacial score (nSPS) is 15.8. The van der Waals surface area contributed by atoms with Gasteiger partial charge in [0.15, 0.2) is 21.9 Å². The lowest BCUT2D eigenvalue weighted by molar-refractivity contribution is -0.144. The van der Waals surface area contributed by atoms with Crippen LogP contribution in [-0.4, -0.2) is 45.4 Å². The molecule has 1 unspecified atom stereocenters. The first kappa shape index (κ1) is 26.2. The van der Waals surface area contributed by atoms with Gasteiger partial charge in [0.1, 0.15) is 0 Å². The zero-order chi connectivity index (χ0) is 25.9. The molecule has 0 spiro atoms. The summed E-state index contributed by atoms with van der Waals surface area (Å²) in [5.74, 6) is -1.43. The van der Waals surface area contributed by atoms with Crippen molar-refractivity contribution in [1.29, 1.82) is 0 Å². The molecular weight excluding hydrogens is 488 g/mol. The van der Waals surface area contributed by atoms with Gasteiger partial charge >= 0.3 is 5.97 Å². The number of thiocarbonyl (C=S) groups is 1. The first-order chi connectivity index (χ1) is 16.4. The number of hydrogen-bond acceptors (Lipinski definition) is 7. The van der Waals surface area contributed by atoms with Crippen LogP contribution < -0.4 is 14.9 Å². The zero-order valence-electron chi connectivity index (χ0n) is 19.9. The number of aliphatic carboxylic acids is 1. The Morgan fingerprint density at radius 2 is 1.80 bits per heavy atom. The van der Waals surface area contributed by atoms with Crippen molar-refractivity contribution in [3.05, 3.63) is 64.1 Å². The molecule has 8 nitrogen and oxygen atoms in total. The minimum atomic E-state index is -1.10. The second-order valence-electron chi connectivity index (χ2n) is 8.79. The summed E-state index contributed by atoms with van der Waals surface area (Å²) in [6.07, 6.45) is 0.551. The largest absolute Gasteiger partial charge is 0.493 e. The Labute approximate surface area is 213 Å². The van der Waals surface area contributed by atoms with Crippen LogP contribution in [0.3, 0.4) is 0 Å². The molecule has 1 aliphatic heterocycles. The Balaban J connectivity index is 1.75. The van der Waals surface area contributed by atoms with Crippen LogP contribution in [0, 0.1) is 0 Å². The van der Waals surface area contributed by atoms with Crippen LogP contribution in [0.25, 0.3) is 6.08 Å². The number of ether oxygens (including phenoxy) is 2. The Kier molecular flexibility index (Phi) is 7.86. The van der Waals surface area contributed by atoms with E-state index in [9.17, 15) is 14.4 Å². The Hall–Kier alpha value is -3.37. The van der Waals surface area contributed by atoms with Gasteiger partial charge in [-0.3, -0.25) is 15.0 Å². The van der Waals surface area contributed by atoms with Crippen molar-refractivity contribution in [2.75, 3.05) is 7.11 Å². The third kappa shape index (κ3) is 6.20. The predicted octanol–water partition coefficient (Wildman–Crippen LogP) is 4.39. The summed E-state index contributed by atoms with van der Waals surface area (Å²) in [7, 11) is 1.43. The fraction of sp³-hybridized carbons (Fsp3) is 0.280. The van der Waals surface area contributed by atoms with Gasteiger partial charge in [-0.05, 0) is 66.0 Å². The minimum absolute atomic E-state index is 0.0423. The van der Waals surface area contributed by atoms with Crippen LogP contribution in [0.15, 0.2) is 47.4 Å². The second-order valence-corrected chi connectivity index (χ2v) is 10.5. The van der Waals surface area contributed by atoms with E-state index in [0.717, 1.165) is 22.3 Å². The van der Waals surface area contributed by atoms with Gasteiger partial charge in [-0.2, -0.15) is 5.01 Å². The second kappa shape index (κ2) is 10.5. The van der Waals surface area contributed by atoms with E-state index >= 15 is 0 Å². The highest BCUT2D eigenvalue weighted by Crippen LogP contribution is 2.34. The maximum absolute atomic E-state index is 12.9. The molecule has 2 aromatic rings. The number of methoxy groups -OCH3 is 1. The number of hydrazine groups is 1. The van der Waals surface area contributed by atoms with E-state index < -0.39 is 23.9 Å². The molecule has 1 heterocycles. The number of nitrogens with one attached hydrogen (secondary N) is 1. The Bertz CT molecular complexity index is 1200. The highest BCUT2D eigenvalue weighted by Gasteiger charge is 2.34. The highest BCUT2D eigenvalue weighted by atomic mass is 32.2. The molecule has 2 amide bonds. The lowest BCUT2D eigenvalue weighted by atomic mass is 9.87. The van der Waals surface area contributed by atoms with E-state index in [1.165, 1.54) is 14.0 Å². The molecule has 35 heavy (non-hydrogen) atoms. The fourth-order valence-electron chi connectivity index (χ4n) is 3.12. The molecule has 1 saturated heterocycles. The number of carbonyl (C=O) groups is 3. The predicted molar refractivity (Wildman–Crippen MR) is 138 cm³/mol. The molecule has 0 bridgehead atoms. The van der Waals surface area contributed by atoms with Gasteiger partial charge in [-0.25, -0.2) is 4.79 Å². The van der Waals surface area contributed by atoms with E-state index in [1.807, 2.05) is 12.1 Å². The van der Waals surface area contributed by atoms with Crippen LogP contribution in [0.1, 0.15) is 49.2 Å². The summed E-state index contributed by atoms with van der Waals surface area (Å²) in [5, 5.41) is 10.1. The van der Waals surface area contributed by atoms with E-state index in [1.54, 1.807) is 36.4 Å². The van der Waals surface area contributed by atoms with Crippen LogP contribution in [0.5, 0.6) is 11.5 Å². The zero-order valence-corrected chi connectivity index (χ0v) is 21.6. The number of carboxylic acids is 1. The first-order valence-electron chi connectivity index (χ1n) is 10.7. The molecule has 2 aromatic carbocycles. The number of hydrogen-bond donors (Lipinski definition) is 2. The van der Waals surface area contributed by atoms with Crippen molar-refractivity contribution in [1.82, 2.24) is 10.4 Å². The third-order valence-corrected chi connectivity index (χ3v) is 6.46. The summed E-state index contributed by atoms with van der Waals surface area (Å²) in [6, 6.07) is 12.0. The van der Waals surface area contributed by atoms with Gasteiger partial charge in [0, 0.05) is 5.56 Å². The summed E-state index contributed by atoms with van der Waals surface area (Å²) in [5.41, 5.74) is 4.64. The molecule has 10 heteroatoms. The maximum atomic E-state index is 12.9. The average molecular weight is 515 g/mol. The third-order valence-electron chi connectivity index (χ3n) is 5.16. The number of carbonyl (C=O) groups excluding carboxylic acids is 2. The molecule has 0 aromatic heterocycles. The molecule has 0 radical (unpaired) electrons. The van der Waals surface area contributed by atoms with Crippen LogP contribution >= 0.6 is 24.0 Å². The quantitative estimate of drug-likeness (QED) is 0.414. The Morgan fingerprint density at radius 1 is 1.14 bits per heavy atom. The smallest absolute Gasteiger partial charge is 0.344 e. The van der Waals surface area contributed by atoms with Gasteiger partial charge in [-0.1, -0.05) is 50.7 Å². The van der Waals surface area contributed by atoms with Gasteiger partial charge in [0.25, 0.3) is 11.8 Å². The molecular formula is C25H26N2O6S2. The lowest BCUT2D eigenvalue weighted by Crippen LogP contribution is -2.44. The molecule has 0 saturated carbocycles. The number of thioether (sulfide) groups is 1. The van der Waals surface area contributed by atoms with Gasteiger partial charge in [0.2, 0.25) is 0 Å². The number of nitrogens with zero attached hydrogens (tertiary/aromatic N) is 1. The van der Waals surface area contributed by atoms with Gasteiger partial charge in [0.05, 0.1) is 12.0 Å². The number of rotatable bonds is 7. The number of amides is 2. The number of benzene rings is 2. The van der Waals surface area contributed by atoms with E-state index in [2.05, 4.69) is 26.2 Å². The van der Waals surface area contributed by atoms with Crippen molar-refractivity contribution >= 4 is 52.2 Å². The van der Waals surface area contributed by atoms with E-state index in [-0.39, 0.29) is 15.5 Å². The lowest BCUT2D eigenvalue weighted by Gasteiger charge is -2.19. The average Bonchev–Trinajstić information content (AvgIpc) is 3.06. The fourth-order valence-corrected chi connectivity index (χ4v) is 4.29. The van der Waals surface area contributed by atoms with Crippen molar-refractivity contribution in [2.45, 2.75) is 39.2 Å². The molecule has 3 rings (SSSR count). The standard InChI is InChI=1S/C25H26N2O6S2/c1-14(23(30)31)33-18-11-6-15(12-19(18)32-5)13-20-22(29)27(24(34)35-20)26-21(28)16-7-9-17(10-8-16)25(2,3)4/h6-14H,1-5H3,(H,26,28)(H,30,31)/b20-13+. The summed E-state index contributed by atoms with van der Waals surface area (Å²) in [4.78, 5) is 37.0. The van der Waals surface area contributed by atoms with Crippen LogP contribution in [-0.2, 0) is 15.0 Å². The number of carboxylic acid groups (broad SMARTS) is 1. The highest BCUT2D eigenvalue weighted by molar-refractivity contribution is 8.26. The maximum Gasteiger partial charge on any atom is 0.344 e. The van der Waals surface area contributed by atoms with Crippen molar-refractivity contribution < 1.29 is 29.0 Å². The van der Waals surface area contributed by atoms with E-state index in [4.69, 9.17) is 26.8 Å². The first-order valence-corrected chi connectivity index (χ1v) is 11.9. The van der Waals surface area contributed by atoms with E-state index in [0.29, 0.717) is 21.8 Å². The molecule has 184 valence electrons. The summed E-state index contributed by atoms with van der Waals surface area (Å²) >= 11 is 6.36. The van der Waals surface area contributed by atoms with Crippen LogP contribution in [0.4, 0.5) is 0 Å².